The molecule has 0 saturated carbocycles. The molecule has 0 atom stereocenters. The topological polar surface area (TPSA) is 56.0 Å². The average molecular weight is 351 g/mol. The van der Waals surface area contributed by atoms with E-state index in [0.717, 1.165) is 33.6 Å². The SMILES string of the molecule is Cc1sc2c(c1C)C(c1ccc(C(C)C)nc1)=NCc1nnc(C)n1-2. The lowest BCUT2D eigenvalue weighted by atomic mass is 10.00. The molecule has 0 saturated heterocycles. The predicted octanol–water partition coefficient (Wildman–Crippen LogP) is 4.12. The minimum absolute atomic E-state index is 0.421. The van der Waals surface area contributed by atoms with Gasteiger partial charge in [-0.05, 0) is 44.4 Å². The molecule has 1 aliphatic rings. The Bertz CT molecular complexity index is 976. The molecule has 0 aromatic carbocycles. The van der Waals surface area contributed by atoms with Crippen LogP contribution in [0.15, 0.2) is 23.3 Å². The van der Waals surface area contributed by atoms with Crippen LogP contribution in [0.3, 0.4) is 0 Å². The van der Waals surface area contributed by atoms with Crippen molar-refractivity contribution in [3.05, 3.63) is 57.2 Å². The van der Waals surface area contributed by atoms with Crippen molar-refractivity contribution in [2.75, 3.05) is 0 Å². The first kappa shape index (κ1) is 16.1. The molecule has 0 spiro atoms. The molecule has 0 unspecified atom stereocenters. The summed E-state index contributed by atoms with van der Waals surface area (Å²) in [4.78, 5) is 10.8. The van der Waals surface area contributed by atoms with Gasteiger partial charge in [0.15, 0.2) is 5.82 Å². The summed E-state index contributed by atoms with van der Waals surface area (Å²) in [6, 6.07) is 4.24. The minimum Gasteiger partial charge on any atom is -0.276 e. The fourth-order valence-electron chi connectivity index (χ4n) is 3.17. The lowest BCUT2D eigenvalue weighted by Gasteiger charge is -2.10. The number of fused-ring (bicyclic) bond motifs is 3. The Morgan fingerprint density at radius 2 is 1.92 bits per heavy atom. The quantitative estimate of drug-likeness (QED) is 0.698. The van der Waals surface area contributed by atoms with Crippen molar-refractivity contribution < 1.29 is 0 Å². The summed E-state index contributed by atoms with van der Waals surface area (Å²) in [5.74, 6) is 2.22. The Labute approximate surface area is 151 Å². The second-order valence-electron chi connectivity index (χ2n) is 6.75. The molecule has 6 heteroatoms. The van der Waals surface area contributed by atoms with E-state index in [0.29, 0.717) is 12.5 Å². The van der Waals surface area contributed by atoms with Gasteiger partial charge < -0.3 is 0 Å². The van der Waals surface area contributed by atoms with E-state index in [9.17, 15) is 0 Å². The zero-order valence-electron chi connectivity index (χ0n) is 15.2. The van der Waals surface area contributed by atoms with Gasteiger partial charge in [-0.1, -0.05) is 13.8 Å². The summed E-state index contributed by atoms with van der Waals surface area (Å²) in [6.07, 6.45) is 1.95. The molecular formula is C19H21N5S. The van der Waals surface area contributed by atoms with Crippen LogP contribution in [0.5, 0.6) is 0 Å². The van der Waals surface area contributed by atoms with Gasteiger partial charge in [-0.3, -0.25) is 14.5 Å². The van der Waals surface area contributed by atoms with E-state index in [4.69, 9.17) is 4.99 Å². The third kappa shape index (κ3) is 2.52. The molecular weight excluding hydrogens is 330 g/mol. The summed E-state index contributed by atoms with van der Waals surface area (Å²) < 4.78 is 2.15. The van der Waals surface area contributed by atoms with E-state index < -0.39 is 0 Å². The van der Waals surface area contributed by atoms with Crippen molar-refractivity contribution in [2.24, 2.45) is 4.99 Å². The van der Waals surface area contributed by atoms with Gasteiger partial charge >= 0.3 is 0 Å². The minimum atomic E-state index is 0.421. The van der Waals surface area contributed by atoms with Crippen LogP contribution in [-0.4, -0.2) is 25.5 Å². The molecule has 4 rings (SSSR count). The maximum atomic E-state index is 4.90. The van der Waals surface area contributed by atoms with E-state index in [1.165, 1.54) is 16.0 Å². The third-order valence-corrected chi connectivity index (χ3v) is 5.92. The van der Waals surface area contributed by atoms with Gasteiger partial charge in [-0.25, -0.2) is 0 Å². The second-order valence-corrected chi connectivity index (χ2v) is 7.96. The average Bonchev–Trinajstić information content (AvgIpc) is 3.03. The van der Waals surface area contributed by atoms with Crippen molar-refractivity contribution >= 4 is 17.0 Å². The Morgan fingerprint density at radius 3 is 2.60 bits per heavy atom. The van der Waals surface area contributed by atoms with Crippen molar-refractivity contribution in [1.82, 2.24) is 19.7 Å². The molecule has 3 aromatic rings. The van der Waals surface area contributed by atoms with E-state index in [2.05, 4.69) is 59.6 Å². The van der Waals surface area contributed by atoms with E-state index in [1.807, 2.05) is 13.1 Å². The van der Waals surface area contributed by atoms with Crippen LogP contribution in [0.1, 0.15) is 58.7 Å². The molecule has 0 aliphatic carbocycles. The summed E-state index contributed by atoms with van der Waals surface area (Å²) in [6.45, 7) is 11.2. The van der Waals surface area contributed by atoms with Crippen LogP contribution in [0.4, 0.5) is 0 Å². The number of pyridine rings is 1. The van der Waals surface area contributed by atoms with Gasteiger partial charge in [-0.2, -0.15) is 0 Å². The predicted molar refractivity (Wildman–Crippen MR) is 101 cm³/mol. The largest absolute Gasteiger partial charge is 0.276 e. The monoisotopic (exact) mass is 351 g/mol. The first-order valence-corrected chi connectivity index (χ1v) is 9.31. The number of rotatable bonds is 2. The molecule has 1 aliphatic heterocycles. The Hall–Kier alpha value is -2.34. The van der Waals surface area contributed by atoms with E-state index in [-0.39, 0.29) is 0 Å². The molecule has 3 aromatic heterocycles. The van der Waals surface area contributed by atoms with Gasteiger partial charge in [0, 0.05) is 27.9 Å². The van der Waals surface area contributed by atoms with Crippen LogP contribution in [0.25, 0.3) is 5.00 Å². The standard InChI is InChI=1S/C19H21N5S/c1-10(2)15-7-6-14(8-20-15)18-17-11(3)12(4)25-19(17)24-13(5)22-23-16(24)9-21-18/h6-8,10H,9H2,1-5H3. The molecule has 0 amide bonds. The van der Waals surface area contributed by atoms with Crippen molar-refractivity contribution in [2.45, 2.75) is 47.1 Å². The summed E-state index contributed by atoms with van der Waals surface area (Å²) in [5, 5.41) is 9.72. The van der Waals surface area contributed by atoms with Gasteiger partial charge in [0.2, 0.25) is 0 Å². The maximum absolute atomic E-state index is 4.90. The highest BCUT2D eigenvalue weighted by molar-refractivity contribution is 7.15. The number of nitrogens with zero attached hydrogens (tertiary/aromatic N) is 5. The highest BCUT2D eigenvalue weighted by Crippen LogP contribution is 2.36. The summed E-state index contributed by atoms with van der Waals surface area (Å²) in [7, 11) is 0. The smallest absolute Gasteiger partial charge is 0.160 e. The van der Waals surface area contributed by atoms with Crippen molar-refractivity contribution in [3.63, 3.8) is 0 Å². The fraction of sp³-hybridized carbons (Fsp3) is 0.368. The molecule has 0 radical (unpaired) electrons. The number of hydrogen-bond acceptors (Lipinski definition) is 5. The number of thiophene rings is 1. The Kier molecular flexibility index (Phi) is 3.80. The van der Waals surface area contributed by atoms with Gasteiger partial charge in [0.25, 0.3) is 0 Å². The first-order valence-electron chi connectivity index (χ1n) is 8.49. The Balaban J connectivity index is 1.92. The Morgan fingerprint density at radius 1 is 1.12 bits per heavy atom. The number of aromatic nitrogens is 4. The highest BCUT2D eigenvalue weighted by Gasteiger charge is 2.26. The summed E-state index contributed by atoms with van der Waals surface area (Å²) in [5.41, 5.74) is 5.62. The van der Waals surface area contributed by atoms with Crippen molar-refractivity contribution in [3.8, 4) is 5.00 Å². The van der Waals surface area contributed by atoms with Crippen molar-refractivity contribution in [1.29, 1.82) is 0 Å². The molecule has 0 N–H and O–H groups in total. The molecule has 4 heterocycles. The molecule has 128 valence electrons. The number of hydrogen-bond donors (Lipinski definition) is 0. The van der Waals surface area contributed by atoms with Crippen LogP contribution in [0, 0.1) is 20.8 Å². The first-order chi connectivity index (χ1) is 12.0. The lowest BCUT2D eigenvalue weighted by Crippen LogP contribution is -2.08. The molecule has 0 bridgehead atoms. The second kappa shape index (κ2) is 5.88. The van der Waals surface area contributed by atoms with Gasteiger partial charge in [-0.15, -0.1) is 21.5 Å². The highest BCUT2D eigenvalue weighted by atomic mass is 32.1. The normalized spacial score (nSPS) is 13.4. The lowest BCUT2D eigenvalue weighted by molar-refractivity contribution is 0.822. The molecule has 0 fully saturated rings. The van der Waals surface area contributed by atoms with Crippen LogP contribution < -0.4 is 0 Å². The van der Waals surface area contributed by atoms with Crippen LogP contribution in [0.2, 0.25) is 0 Å². The third-order valence-electron chi connectivity index (χ3n) is 4.73. The molecule has 5 nitrogen and oxygen atoms in total. The number of aliphatic imine (C=N–C) groups is 1. The summed E-state index contributed by atoms with van der Waals surface area (Å²) >= 11 is 1.78. The maximum Gasteiger partial charge on any atom is 0.160 e. The fourth-order valence-corrected chi connectivity index (χ4v) is 4.40. The molecule has 25 heavy (non-hydrogen) atoms. The van der Waals surface area contributed by atoms with E-state index >= 15 is 0 Å². The number of aryl methyl sites for hydroxylation is 2. The van der Waals surface area contributed by atoms with Crippen LogP contribution >= 0.6 is 11.3 Å². The van der Waals surface area contributed by atoms with Gasteiger partial charge in [0.1, 0.15) is 17.4 Å². The zero-order valence-corrected chi connectivity index (χ0v) is 16.0. The van der Waals surface area contributed by atoms with Crippen LogP contribution in [-0.2, 0) is 6.54 Å². The van der Waals surface area contributed by atoms with Gasteiger partial charge in [0.05, 0.1) is 5.71 Å². The van der Waals surface area contributed by atoms with E-state index in [1.54, 1.807) is 11.3 Å². The zero-order chi connectivity index (χ0) is 17.7.